The number of hydrogen-bond acceptors (Lipinski definition) is 1. The molecule has 0 bridgehead atoms. The molecule has 9 heavy (non-hydrogen) atoms. The van der Waals surface area contributed by atoms with Crippen molar-refractivity contribution < 1.29 is 9.31 Å². The predicted octanol–water partition coefficient (Wildman–Crippen LogP) is 0.879. The van der Waals surface area contributed by atoms with Gasteiger partial charge in [0.25, 0.3) is 0 Å². The van der Waals surface area contributed by atoms with E-state index in [0.717, 1.165) is 5.57 Å². The number of nitrogens with zero attached hydrogens (tertiary/aromatic N) is 1. The van der Waals surface area contributed by atoms with Crippen molar-refractivity contribution in [2.24, 2.45) is 0 Å². The molecule has 2 heteroatoms. The van der Waals surface area contributed by atoms with Crippen LogP contribution in [-0.2, 0) is 4.74 Å². The van der Waals surface area contributed by atoms with E-state index in [2.05, 4.69) is 0 Å². The van der Waals surface area contributed by atoms with E-state index in [1.165, 1.54) is 0 Å². The van der Waals surface area contributed by atoms with E-state index in [-0.39, 0.29) is 0 Å². The smallest absolute Gasteiger partial charge is 0.168 e. The zero-order valence-electron chi connectivity index (χ0n) is 6.51. The summed E-state index contributed by atoms with van der Waals surface area (Å²) in [6.07, 6.45) is 3.70. The molecule has 0 aliphatic carbocycles. The lowest BCUT2D eigenvalue weighted by molar-refractivity contribution is -0.459. The molecule has 0 atom stereocenters. The molecule has 0 saturated carbocycles. The standard InChI is InChI=1S/C7H14NO/c1-7(6-9-4)5-8(2)3/h5-6H,1-4H3/q+1. The first kappa shape index (κ1) is 8.21. The van der Waals surface area contributed by atoms with Crippen LogP contribution in [0.15, 0.2) is 11.8 Å². The molecule has 0 spiro atoms. The van der Waals surface area contributed by atoms with Crippen LogP contribution in [0.25, 0.3) is 0 Å². The summed E-state index contributed by atoms with van der Waals surface area (Å²) in [4.78, 5) is 0. The second-order valence-corrected chi connectivity index (χ2v) is 2.19. The molecule has 52 valence electrons. The summed E-state index contributed by atoms with van der Waals surface area (Å²) < 4.78 is 6.76. The van der Waals surface area contributed by atoms with Crippen molar-refractivity contribution in [3.05, 3.63) is 11.8 Å². The van der Waals surface area contributed by atoms with E-state index in [0.29, 0.717) is 0 Å². The van der Waals surface area contributed by atoms with Crippen molar-refractivity contribution in [1.29, 1.82) is 0 Å². The third-order valence-electron chi connectivity index (χ3n) is 0.766. The van der Waals surface area contributed by atoms with E-state index in [4.69, 9.17) is 4.74 Å². The van der Waals surface area contributed by atoms with Crippen molar-refractivity contribution >= 4 is 6.21 Å². The zero-order valence-corrected chi connectivity index (χ0v) is 6.51. The van der Waals surface area contributed by atoms with E-state index in [1.54, 1.807) is 13.4 Å². The monoisotopic (exact) mass is 128 g/mol. The summed E-state index contributed by atoms with van der Waals surface area (Å²) >= 11 is 0. The highest BCUT2D eigenvalue weighted by Crippen LogP contribution is 1.84. The van der Waals surface area contributed by atoms with E-state index < -0.39 is 0 Å². The lowest BCUT2D eigenvalue weighted by atomic mass is 10.4. The average Bonchev–Trinajstić information content (AvgIpc) is 1.63. The number of hydrogen-bond donors (Lipinski definition) is 0. The van der Waals surface area contributed by atoms with Crippen LogP contribution < -0.4 is 0 Å². The van der Waals surface area contributed by atoms with E-state index in [9.17, 15) is 0 Å². The number of rotatable bonds is 2. The predicted molar refractivity (Wildman–Crippen MR) is 38.9 cm³/mol. The topological polar surface area (TPSA) is 12.2 Å². The quantitative estimate of drug-likeness (QED) is 0.305. The van der Waals surface area contributed by atoms with Gasteiger partial charge in [0.05, 0.1) is 13.4 Å². The van der Waals surface area contributed by atoms with Gasteiger partial charge in [0.2, 0.25) is 0 Å². The Morgan fingerprint density at radius 2 is 2.00 bits per heavy atom. The lowest BCUT2D eigenvalue weighted by Crippen LogP contribution is -1.99. The van der Waals surface area contributed by atoms with Crippen LogP contribution in [0.1, 0.15) is 6.92 Å². The Morgan fingerprint density at radius 1 is 1.44 bits per heavy atom. The Bertz CT molecular complexity index is 132. The first-order valence-corrected chi connectivity index (χ1v) is 2.87. The summed E-state index contributed by atoms with van der Waals surface area (Å²) in [6, 6.07) is 0. The molecule has 0 N–H and O–H groups in total. The fraction of sp³-hybridized carbons (Fsp3) is 0.571. The minimum absolute atomic E-state index is 1.11. The third kappa shape index (κ3) is 5.07. The Hall–Kier alpha value is -0.790. The van der Waals surface area contributed by atoms with Gasteiger partial charge < -0.3 is 4.74 Å². The highest BCUT2D eigenvalue weighted by Gasteiger charge is 1.86. The molecule has 0 radical (unpaired) electrons. The van der Waals surface area contributed by atoms with Gasteiger partial charge >= 0.3 is 0 Å². The lowest BCUT2D eigenvalue weighted by Gasteiger charge is -1.88. The molecular formula is C7H14NO+. The average molecular weight is 128 g/mol. The summed E-state index contributed by atoms with van der Waals surface area (Å²) in [6.45, 7) is 1.99. The van der Waals surface area contributed by atoms with Gasteiger partial charge in [0.15, 0.2) is 6.21 Å². The number of methoxy groups -OCH3 is 1. The fourth-order valence-electron chi connectivity index (χ4n) is 0.624. The summed E-state index contributed by atoms with van der Waals surface area (Å²) in [5.41, 5.74) is 1.11. The summed E-state index contributed by atoms with van der Waals surface area (Å²) in [5.74, 6) is 0. The Kier molecular flexibility index (Phi) is 3.76. The molecule has 0 aromatic heterocycles. The normalized spacial score (nSPS) is 10.9. The highest BCUT2D eigenvalue weighted by molar-refractivity contribution is 5.72. The molecule has 0 unspecified atom stereocenters. The maximum Gasteiger partial charge on any atom is 0.168 e. The number of ether oxygens (including phenoxy) is 1. The van der Waals surface area contributed by atoms with Gasteiger partial charge in [-0.25, -0.2) is 4.58 Å². The molecule has 0 aliphatic heterocycles. The van der Waals surface area contributed by atoms with Crippen LogP contribution in [0.2, 0.25) is 0 Å². The second-order valence-electron chi connectivity index (χ2n) is 2.19. The first-order chi connectivity index (χ1) is 4.16. The van der Waals surface area contributed by atoms with Gasteiger partial charge in [-0.05, 0) is 6.92 Å². The van der Waals surface area contributed by atoms with Crippen LogP contribution >= 0.6 is 0 Å². The van der Waals surface area contributed by atoms with Crippen molar-refractivity contribution in [3.63, 3.8) is 0 Å². The van der Waals surface area contributed by atoms with Gasteiger partial charge in [0, 0.05) is 5.57 Å². The van der Waals surface area contributed by atoms with Crippen LogP contribution in [0.3, 0.4) is 0 Å². The van der Waals surface area contributed by atoms with Crippen LogP contribution in [0.5, 0.6) is 0 Å². The Labute approximate surface area is 56.5 Å². The van der Waals surface area contributed by atoms with Crippen molar-refractivity contribution in [2.75, 3.05) is 21.2 Å². The van der Waals surface area contributed by atoms with Gasteiger partial charge in [0.1, 0.15) is 14.1 Å². The maximum absolute atomic E-state index is 4.78. The minimum atomic E-state index is 1.11. The molecule has 0 heterocycles. The third-order valence-corrected chi connectivity index (χ3v) is 0.766. The Morgan fingerprint density at radius 3 is 2.33 bits per heavy atom. The van der Waals surface area contributed by atoms with Gasteiger partial charge in [-0.1, -0.05) is 0 Å². The van der Waals surface area contributed by atoms with Crippen molar-refractivity contribution in [1.82, 2.24) is 0 Å². The molecule has 0 fully saturated rings. The van der Waals surface area contributed by atoms with Gasteiger partial charge in [-0.2, -0.15) is 0 Å². The molecule has 0 aliphatic rings. The van der Waals surface area contributed by atoms with Crippen LogP contribution in [-0.4, -0.2) is 32.0 Å². The van der Waals surface area contributed by atoms with E-state index in [1.807, 2.05) is 31.8 Å². The molecule has 0 rings (SSSR count). The molecule has 2 nitrogen and oxygen atoms in total. The van der Waals surface area contributed by atoms with Gasteiger partial charge in [-0.15, -0.1) is 0 Å². The molecule has 0 aromatic carbocycles. The van der Waals surface area contributed by atoms with Crippen molar-refractivity contribution in [3.8, 4) is 0 Å². The van der Waals surface area contributed by atoms with E-state index >= 15 is 0 Å². The van der Waals surface area contributed by atoms with Gasteiger partial charge in [-0.3, -0.25) is 0 Å². The first-order valence-electron chi connectivity index (χ1n) is 2.87. The maximum atomic E-state index is 4.78. The molecular weight excluding hydrogens is 114 g/mol. The van der Waals surface area contributed by atoms with Crippen LogP contribution in [0, 0.1) is 0 Å². The molecule has 0 saturated heterocycles. The fourth-order valence-corrected chi connectivity index (χ4v) is 0.624. The SMILES string of the molecule is COC=C(C)C=[N+](C)C. The van der Waals surface area contributed by atoms with Crippen LogP contribution in [0.4, 0.5) is 0 Å². The molecule has 0 amide bonds. The second kappa shape index (κ2) is 4.13. The zero-order chi connectivity index (χ0) is 7.28. The Balaban J connectivity index is 3.90. The highest BCUT2D eigenvalue weighted by atomic mass is 16.5. The summed E-state index contributed by atoms with van der Waals surface area (Å²) in [7, 11) is 5.60. The summed E-state index contributed by atoms with van der Waals surface area (Å²) in [5, 5.41) is 0. The van der Waals surface area contributed by atoms with Crippen molar-refractivity contribution in [2.45, 2.75) is 6.92 Å². The molecule has 0 aromatic rings. The minimum Gasteiger partial charge on any atom is -0.504 e. The number of allylic oxidation sites excluding steroid dienone is 1. The largest absolute Gasteiger partial charge is 0.504 e.